The smallest absolute Gasteiger partial charge is 0.189 e. The Morgan fingerprint density at radius 3 is 2.43 bits per heavy atom. The molecule has 1 aromatic heterocycles. The summed E-state index contributed by atoms with van der Waals surface area (Å²) < 4.78 is 11.1. The van der Waals surface area contributed by atoms with E-state index in [4.69, 9.17) is 9.47 Å². The van der Waals surface area contributed by atoms with Crippen LogP contribution in [-0.2, 0) is 6.61 Å². The van der Waals surface area contributed by atoms with E-state index in [0.717, 1.165) is 11.1 Å². The first-order valence-corrected chi connectivity index (χ1v) is 7.64. The maximum absolute atomic E-state index is 11.8. The Bertz CT molecular complexity index is 810. The Morgan fingerprint density at radius 1 is 1.00 bits per heavy atom. The van der Waals surface area contributed by atoms with Gasteiger partial charge in [-0.05, 0) is 11.6 Å². The van der Waals surface area contributed by atoms with Crippen molar-refractivity contribution in [1.82, 2.24) is 4.98 Å². The maximum Gasteiger partial charge on any atom is 0.189 e. The summed E-state index contributed by atoms with van der Waals surface area (Å²) in [6.07, 6.45) is 1.62. The van der Waals surface area contributed by atoms with Gasteiger partial charge < -0.3 is 14.5 Å². The zero-order valence-corrected chi connectivity index (χ0v) is 13.6. The summed E-state index contributed by atoms with van der Waals surface area (Å²) in [7, 11) is 1.56. The van der Waals surface area contributed by atoms with E-state index < -0.39 is 0 Å². The van der Waals surface area contributed by atoms with Gasteiger partial charge in [-0.3, -0.25) is 4.79 Å². The van der Waals surface area contributed by atoms with Crippen molar-refractivity contribution in [2.24, 2.45) is 0 Å². The number of hydrogen-bond donors (Lipinski definition) is 1. The maximum atomic E-state index is 11.8. The van der Waals surface area contributed by atoms with E-state index in [2.05, 4.69) is 4.98 Å². The van der Waals surface area contributed by atoms with E-state index in [1.807, 2.05) is 44.2 Å². The SMILES string of the molecule is CC.COc1cc2c(=O)cc[nH]c2cc1OCc1ccccc1. The van der Waals surface area contributed by atoms with Crippen LogP contribution >= 0.6 is 0 Å². The van der Waals surface area contributed by atoms with Gasteiger partial charge in [-0.25, -0.2) is 0 Å². The average molecular weight is 311 g/mol. The van der Waals surface area contributed by atoms with Gasteiger partial charge in [0.15, 0.2) is 16.9 Å². The fourth-order valence-electron chi connectivity index (χ4n) is 2.19. The van der Waals surface area contributed by atoms with Gasteiger partial charge in [0.25, 0.3) is 0 Å². The summed E-state index contributed by atoms with van der Waals surface area (Å²) in [4.78, 5) is 14.9. The first-order chi connectivity index (χ1) is 11.3. The monoisotopic (exact) mass is 311 g/mol. The molecule has 0 saturated heterocycles. The molecule has 4 heteroatoms. The lowest BCUT2D eigenvalue weighted by Gasteiger charge is -2.12. The summed E-state index contributed by atoms with van der Waals surface area (Å²) in [6, 6.07) is 14.9. The van der Waals surface area contributed by atoms with Crippen molar-refractivity contribution in [3.8, 4) is 11.5 Å². The lowest BCUT2D eigenvalue weighted by molar-refractivity contribution is 0.285. The average Bonchev–Trinajstić information content (AvgIpc) is 2.62. The van der Waals surface area contributed by atoms with E-state index in [1.54, 1.807) is 25.4 Å². The molecule has 0 bridgehead atoms. The number of fused-ring (bicyclic) bond motifs is 1. The van der Waals surface area contributed by atoms with Gasteiger partial charge in [0, 0.05) is 23.7 Å². The van der Waals surface area contributed by atoms with Crippen molar-refractivity contribution in [3.63, 3.8) is 0 Å². The molecule has 0 unspecified atom stereocenters. The Labute approximate surface area is 135 Å². The molecule has 1 N–H and O–H groups in total. The van der Waals surface area contributed by atoms with E-state index in [1.165, 1.54) is 6.07 Å². The molecule has 1 heterocycles. The van der Waals surface area contributed by atoms with Crippen molar-refractivity contribution in [3.05, 3.63) is 70.5 Å². The van der Waals surface area contributed by atoms with Crippen LogP contribution in [0.5, 0.6) is 11.5 Å². The van der Waals surface area contributed by atoms with Crippen molar-refractivity contribution >= 4 is 10.9 Å². The van der Waals surface area contributed by atoms with Crippen molar-refractivity contribution in [1.29, 1.82) is 0 Å². The molecule has 3 aromatic rings. The van der Waals surface area contributed by atoms with E-state index in [9.17, 15) is 4.79 Å². The standard InChI is InChI=1S/C17H15NO3.C2H6/c1-20-16-9-13-14(18-8-7-15(13)19)10-17(16)21-11-12-5-3-2-4-6-12;1-2/h2-10H,11H2,1H3,(H,18,19);1-2H3. The number of benzene rings is 2. The molecule has 0 amide bonds. The van der Waals surface area contributed by atoms with Gasteiger partial charge in [0.1, 0.15) is 6.61 Å². The van der Waals surface area contributed by atoms with Gasteiger partial charge in [-0.15, -0.1) is 0 Å². The van der Waals surface area contributed by atoms with Crippen molar-refractivity contribution in [2.45, 2.75) is 20.5 Å². The van der Waals surface area contributed by atoms with Crippen LogP contribution in [0.4, 0.5) is 0 Å². The molecule has 0 atom stereocenters. The van der Waals surface area contributed by atoms with Gasteiger partial charge in [-0.2, -0.15) is 0 Å². The largest absolute Gasteiger partial charge is 0.493 e. The first kappa shape index (κ1) is 16.6. The molecule has 0 fully saturated rings. The van der Waals surface area contributed by atoms with Crippen LogP contribution in [0.3, 0.4) is 0 Å². The summed E-state index contributed by atoms with van der Waals surface area (Å²) in [5.74, 6) is 1.16. The van der Waals surface area contributed by atoms with Crippen LogP contribution in [0.15, 0.2) is 59.5 Å². The highest BCUT2D eigenvalue weighted by atomic mass is 16.5. The highest BCUT2D eigenvalue weighted by Crippen LogP contribution is 2.30. The van der Waals surface area contributed by atoms with Crippen LogP contribution in [0.1, 0.15) is 19.4 Å². The molecule has 0 saturated carbocycles. The van der Waals surface area contributed by atoms with Crippen LogP contribution in [0.25, 0.3) is 10.9 Å². The Morgan fingerprint density at radius 2 is 1.74 bits per heavy atom. The zero-order chi connectivity index (χ0) is 16.7. The van der Waals surface area contributed by atoms with Crippen LogP contribution in [0, 0.1) is 0 Å². The van der Waals surface area contributed by atoms with E-state index in [0.29, 0.717) is 23.5 Å². The van der Waals surface area contributed by atoms with Gasteiger partial charge >= 0.3 is 0 Å². The number of pyridine rings is 1. The third-order valence-corrected chi connectivity index (χ3v) is 3.28. The number of nitrogens with one attached hydrogen (secondary N) is 1. The minimum Gasteiger partial charge on any atom is -0.493 e. The van der Waals surface area contributed by atoms with Gasteiger partial charge in [0.05, 0.1) is 12.6 Å². The van der Waals surface area contributed by atoms with Crippen LogP contribution < -0.4 is 14.9 Å². The lowest BCUT2D eigenvalue weighted by atomic mass is 10.2. The predicted molar refractivity (Wildman–Crippen MR) is 93.2 cm³/mol. The quantitative estimate of drug-likeness (QED) is 0.787. The second kappa shape index (κ2) is 8.03. The van der Waals surface area contributed by atoms with Crippen molar-refractivity contribution < 1.29 is 9.47 Å². The minimum atomic E-state index is -0.0448. The highest BCUT2D eigenvalue weighted by Gasteiger charge is 2.09. The highest BCUT2D eigenvalue weighted by molar-refractivity contribution is 5.82. The number of aromatic amines is 1. The normalized spacial score (nSPS) is 9.87. The second-order valence-electron chi connectivity index (χ2n) is 4.66. The molecule has 0 aliphatic heterocycles. The number of aromatic nitrogens is 1. The first-order valence-electron chi connectivity index (χ1n) is 7.64. The third kappa shape index (κ3) is 3.92. The molecule has 0 aliphatic carbocycles. The molecular formula is C19H21NO3. The Balaban J connectivity index is 0.000000924. The summed E-state index contributed by atoms with van der Waals surface area (Å²) in [5.41, 5.74) is 1.75. The fourth-order valence-corrected chi connectivity index (χ4v) is 2.19. The molecule has 2 aromatic carbocycles. The van der Waals surface area contributed by atoms with Crippen molar-refractivity contribution in [2.75, 3.05) is 7.11 Å². The topological polar surface area (TPSA) is 51.3 Å². The fraction of sp³-hybridized carbons (Fsp3) is 0.211. The number of ether oxygens (including phenoxy) is 2. The zero-order valence-electron chi connectivity index (χ0n) is 13.6. The molecule has 0 radical (unpaired) electrons. The molecular weight excluding hydrogens is 290 g/mol. The third-order valence-electron chi connectivity index (χ3n) is 3.28. The Kier molecular flexibility index (Phi) is 5.80. The summed E-state index contributed by atoms with van der Waals surface area (Å²) >= 11 is 0. The van der Waals surface area contributed by atoms with Gasteiger partial charge in [-0.1, -0.05) is 44.2 Å². The Hall–Kier alpha value is -2.75. The molecule has 120 valence electrons. The minimum absolute atomic E-state index is 0.0448. The predicted octanol–water partition coefficient (Wildman–Crippen LogP) is 4.14. The number of methoxy groups -OCH3 is 1. The summed E-state index contributed by atoms with van der Waals surface area (Å²) in [6.45, 7) is 4.44. The number of H-pyrrole nitrogens is 1. The van der Waals surface area contributed by atoms with E-state index >= 15 is 0 Å². The molecule has 0 aliphatic rings. The lowest BCUT2D eigenvalue weighted by Crippen LogP contribution is -2.03. The van der Waals surface area contributed by atoms with E-state index in [-0.39, 0.29) is 5.43 Å². The molecule has 0 spiro atoms. The summed E-state index contributed by atoms with van der Waals surface area (Å²) in [5, 5.41) is 0.585. The molecule has 3 rings (SSSR count). The van der Waals surface area contributed by atoms with Crippen LogP contribution in [0.2, 0.25) is 0 Å². The number of hydrogen-bond acceptors (Lipinski definition) is 3. The second-order valence-corrected chi connectivity index (χ2v) is 4.66. The number of rotatable bonds is 4. The molecule has 23 heavy (non-hydrogen) atoms. The van der Waals surface area contributed by atoms with Gasteiger partial charge in [0.2, 0.25) is 0 Å². The van der Waals surface area contributed by atoms with Crippen LogP contribution in [-0.4, -0.2) is 12.1 Å². The molecule has 4 nitrogen and oxygen atoms in total.